The van der Waals surface area contributed by atoms with Crippen LogP contribution in [0, 0.1) is 0 Å². The molecule has 1 aromatic rings. The lowest BCUT2D eigenvalue weighted by Gasteiger charge is -2.34. The maximum Gasteiger partial charge on any atom is 0.228 e. The molecule has 2 N–H and O–H groups in total. The first kappa shape index (κ1) is 11.4. The van der Waals surface area contributed by atoms with E-state index in [0.29, 0.717) is 31.1 Å². The summed E-state index contributed by atoms with van der Waals surface area (Å²) in [6, 6.07) is 7.32. The molecule has 1 fully saturated rings. The third-order valence-electron chi connectivity index (χ3n) is 3.21. The summed E-state index contributed by atoms with van der Waals surface area (Å²) < 4.78 is 5.29. The second-order valence-corrected chi connectivity index (χ2v) is 4.50. The number of hydrogen-bond acceptors (Lipinski definition) is 2. The Hall–Kier alpha value is -1.06. The van der Waals surface area contributed by atoms with Crippen molar-refractivity contribution >= 4 is 17.5 Å². The minimum Gasteiger partial charge on any atom is -0.381 e. The Morgan fingerprint density at radius 1 is 1.25 bits per heavy atom. The van der Waals surface area contributed by atoms with Crippen LogP contribution in [0.1, 0.15) is 18.4 Å². The summed E-state index contributed by atoms with van der Waals surface area (Å²) in [7, 11) is 0. The van der Waals surface area contributed by atoms with Crippen LogP contribution in [0.4, 0.5) is 0 Å². The van der Waals surface area contributed by atoms with Gasteiger partial charge in [0.1, 0.15) is 0 Å². The summed E-state index contributed by atoms with van der Waals surface area (Å²) in [4.78, 5) is 11.7. The number of rotatable bonds is 2. The molecule has 0 atom stereocenters. The fourth-order valence-electron chi connectivity index (χ4n) is 2.17. The fraction of sp³-hybridized carbons (Fsp3) is 0.417. The van der Waals surface area contributed by atoms with E-state index < -0.39 is 5.41 Å². The predicted molar refractivity (Wildman–Crippen MR) is 62.4 cm³/mol. The van der Waals surface area contributed by atoms with Gasteiger partial charge in [0.2, 0.25) is 5.91 Å². The Labute approximate surface area is 99.5 Å². The van der Waals surface area contributed by atoms with Crippen molar-refractivity contribution in [3.05, 3.63) is 34.9 Å². The third-order valence-corrected chi connectivity index (χ3v) is 3.47. The van der Waals surface area contributed by atoms with E-state index in [2.05, 4.69) is 0 Å². The highest BCUT2D eigenvalue weighted by Gasteiger charge is 2.39. The molecule has 2 rings (SSSR count). The Kier molecular flexibility index (Phi) is 3.17. The molecule has 1 aliphatic rings. The van der Waals surface area contributed by atoms with Crippen molar-refractivity contribution in [2.45, 2.75) is 18.3 Å². The largest absolute Gasteiger partial charge is 0.381 e. The van der Waals surface area contributed by atoms with Crippen LogP contribution in [-0.4, -0.2) is 19.1 Å². The normalized spacial score (nSPS) is 19.3. The zero-order valence-electron chi connectivity index (χ0n) is 8.91. The molecule has 0 aliphatic carbocycles. The predicted octanol–water partition coefficient (Wildman–Crippen LogP) is 1.87. The van der Waals surface area contributed by atoms with Crippen LogP contribution in [0.3, 0.4) is 0 Å². The van der Waals surface area contributed by atoms with E-state index in [0.717, 1.165) is 5.56 Å². The van der Waals surface area contributed by atoms with Gasteiger partial charge in [-0.1, -0.05) is 23.7 Å². The van der Waals surface area contributed by atoms with Gasteiger partial charge in [-0.05, 0) is 30.5 Å². The first-order chi connectivity index (χ1) is 7.65. The minimum atomic E-state index is -0.581. The van der Waals surface area contributed by atoms with Gasteiger partial charge in [0.05, 0.1) is 5.41 Å². The Morgan fingerprint density at radius 2 is 1.81 bits per heavy atom. The van der Waals surface area contributed by atoms with Crippen molar-refractivity contribution in [2.75, 3.05) is 13.2 Å². The van der Waals surface area contributed by atoms with Gasteiger partial charge < -0.3 is 10.5 Å². The summed E-state index contributed by atoms with van der Waals surface area (Å²) in [5.74, 6) is -0.280. The van der Waals surface area contributed by atoms with E-state index in [-0.39, 0.29) is 5.91 Å². The van der Waals surface area contributed by atoms with Crippen LogP contribution in [0.2, 0.25) is 5.02 Å². The molecule has 16 heavy (non-hydrogen) atoms. The van der Waals surface area contributed by atoms with Crippen molar-refractivity contribution < 1.29 is 9.53 Å². The van der Waals surface area contributed by atoms with Gasteiger partial charge in [-0.2, -0.15) is 0 Å². The van der Waals surface area contributed by atoms with Gasteiger partial charge in [-0.15, -0.1) is 0 Å². The van der Waals surface area contributed by atoms with Crippen LogP contribution < -0.4 is 5.73 Å². The molecular weight excluding hydrogens is 226 g/mol. The van der Waals surface area contributed by atoms with Crippen molar-refractivity contribution in [3.63, 3.8) is 0 Å². The lowest BCUT2D eigenvalue weighted by molar-refractivity contribution is -0.127. The topological polar surface area (TPSA) is 52.3 Å². The second kappa shape index (κ2) is 4.44. The molecule has 1 saturated heterocycles. The van der Waals surface area contributed by atoms with Gasteiger partial charge in [-0.3, -0.25) is 4.79 Å². The van der Waals surface area contributed by atoms with E-state index in [1.807, 2.05) is 12.1 Å². The zero-order valence-corrected chi connectivity index (χ0v) is 9.67. The summed E-state index contributed by atoms with van der Waals surface area (Å²) in [5, 5.41) is 0.662. The number of nitrogens with two attached hydrogens (primary N) is 1. The van der Waals surface area contributed by atoms with Crippen molar-refractivity contribution in [1.82, 2.24) is 0 Å². The number of carbonyl (C=O) groups is 1. The maximum absolute atomic E-state index is 11.7. The van der Waals surface area contributed by atoms with E-state index in [1.54, 1.807) is 12.1 Å². The van der Waals surface area contributed by atoms with Crippen LogP contribution in [0.5, 0.6) is 0 Å². The highest BCUT2D eigenvalue weighted by atomic mass is 35.5. The van der Waals surface area contributed by atoms with Gasteiger partial charge >= 0.3 is 0 Å². The van der Waals surface area contributed by atoms with Gasteiger partial charge in [0.25, 0.3) is 0 Å². The van der Waals surface area contributed by atoms with E-state index >= 15 is 0 Å². The zero-order chi connectivity index (χ0) is 11.6. The number of ether oxygens (including phenoxy) is 1. The summed E-state index contributed by atoms with van der Waals surface area (Å²) in [5.41, 5.74) is 5.90. The molecule has 0 radical (unpaired) electrons. The lowest BCUT2D eigenvalue weighted by atomic mass is 9.73. The molecular formula is C12H14ClNO2. The monoisotopic (exact) mass is 239 g/mol. The Balaban J connectivity index is 2.38. The highest BCUT2D eigenvalue weighted by Crippen LogP contribution is 2.35. The number of benzene rings is 1. The highest BCUT2D eigenvalue weighted by molar-refractivity contribution is 6.30. The van der Waals surface area contributed by atoms with E-state index in [1.165, 1.54) is 0 Å². The summed E-state index contributed by atoms with van der Waals surface area (Å²) in [6.45, 7) is 1.15. The Bertz CT molecular complexity index is 383. The lowest BCUT2D eigenvalue weighted by Crippen LogP contribution is -2.45. The van der Waals surface area contributed by atoms with Crippen molar-refractivity contribution in [1.29, 1.82) is 0 Å². The first-order valence-electron chi connectivity index (χ1n) is 5.29. The molecule has 86 valence electrons. The molecule has 0 unspecified atom stereocenters. The number of hydrogen-bond donors (Lipinski definition) is 1. The second-order valence-electron chi connectivity index (χ2n) is 4.07. The molecule has 3 nitrogen and oxygen atoms in total. The van der Waals surface area contributed by atoms with Crippen LogP contribution in [-0.2, 0) is 14.9 Å². The third kappa shape index (κ3) is 1.93. The summed E-state index contributed by atoms with van der Waals surface area (Å²) in [6.07, 6.45) is 1.29. The minimum absolute atomic E-state index is 0.280. The SMILES string of the molecule is NC(=O)C1(c2ccc(Cl)cc2)CCOCC1. The standard InChI is InChI=1S/C12H14ClNO2/c13-10-3-1-9(2-4-10)12(11(14)15)5-7-16-8-6-12/h1-4H,5-8H2,(H2,14,15). The Morgan fingerprint density at radius 3 is 2.31 bits per heavy atom. The molecule has 1 amide bonds. The molecule has 1 heterocycles. The molecule has 0 spiro atoms. The number of primary amides is 1. The van der Waals surface area contributed by atoms with Gasteiger partial charge in [-0.25, -0.2) is 0 Å². The van der Waals surface area contributed by atoms with E-state index in [4.69, 9.17) is 22.1 Å². The molecule has 1 aliphatic heterocycles. The number of amides is 1. The molecule has 1 aromatic carbocycles. The van der Waals surface area contributed by atoms with Crippen molar-refractivity contribution in [2.24, 2.45) is 5.73 Å². The fourth-order valence-corrected chi connectivity index (χ4v) is 2.29. The molecule has 0 bridgehead atoms. The molecule has 0 saturated carbocycles. The van der Waals surface area contributed by atoms with E-state index in [9.17, 15) is 4.79 Å². The molecule has 0 aromatic heterocycles. The van der Waals surface area contributed by atoms with Gasteiger partial charge in [0.15, 0.2) is 0 Å². The molecule has 4 heteroatoms. The number of halogens is 1. The average molecular weight is 240 g/mol. The van der Waals surface area contributed by atoms with Crippen LogP contribution in [0.25, 0.3) is 0 Å². The number of carbonyl (C=O) groups excluding carboxylic acids is 1. The maximum atomic E-state index is 11.7. The summed E-state index contributed by atoms with van der Waals surface area (Å²) >= 11 is 5.83. The first-order valence-corrected chi connectivity index (χ1v) is 5.67. The average Bonchev–Trinajstić information content (AvgIpc) is 2.30. The van der Waals surface area contributed by atoms with Crippen molar-refractivity contribution in [3.8, 4) is 0 Å². The van der Waals surface area contributed by atoms with Crippen LogP contribution in [0.15, 0.2) is 24.3 Å². The smallest absolute Gasteiger partial charge is 0.228 e. The van der Waals surface area contributed by atoms with Gasteiger partial charge in [0, 0.05) is 18.2 Å². The van der Waals surface area contributed by atoms with Crippen LogP contribution >= 0.6 is 11.6 Å². The quantitative estimate of drug-likeness (QED) is 0.857.